The van der Waals surface area contributed by atoms with E-state index in [-0.39, 0.29) is 12.7 Å². The lowest BCUT2D eigenvalue weighted by Crippen LogP contribution is -2.20. The second-order valence-corrected chi connectivity index (χ2v) is 2.97. The summed E-state index contributed by atoms with van der Waals surface area (Å²) in [5.74, 6) is 0. The number of hydrogen-bond donors (Lipinski definition) is 1. The third kappa shape index (κ3) is 3.51. The van der Waals surface area contributed by atoms with Crippen LogP contribution >= 0.6 is 0 Å². The fourth-order valence-electron chi connectivity index (χ4n) is 1.12. The van der Waals surface area contributed by atoms with Gasteiger partial charge in [-0.05, 0) is 32.0 Å². The van der Waals surface area contributed by atoms with Crippen LogP contribution in [-0.2, 0) is 0 Å². The Labute approximate surface area is 78.2 Å². The molecule has 0 saturated heterocycles. The lowest BCUT2D eigenvalue weighted by atomic mass is 10.2. The number of nitrogens with one attached hydrogen (secondary N) is 1. The van der Waals surface area contributed by atoms with Gasteiger partial charge >= 0.3 is 0 Å². The minimum absolute atomic E-state index is 0.202. The van der Waals surface area contributed by atoms with Crippen molar-refractivity contribution < 1.29 is 4.39 Å². The molecule has 1 heterocycles. The molecule has 13 heavy (non-hydrogen) atoms. The minimum Gasteiger partial charge on any atom is -0.309 e. The summed E-state index contributed by atoms with van der Waals surface area (Å²) >= 11 is 0. The standard InChI is InChI=1S/C10H15FN2/c1-9(12-8-4-6-11)10-5-2-3-7-13-10/h2-3,5,7,9,12H,4,6,8H2,1H3/t9-/m1/s1. The van der Waals surface area contributed by atoms with Crippen LogP contribution in [0.2, 0.25) is 0 Å². The first-order valence-electron chi connectivity index (χ1n) is 4.55. The van der Waals surface area contributed by atoms with Crippen molar-refractivity contribution in [3.05, 3.63) is 30.1 Å². The van der Waals surface area contributed by atoms with Crippen molar-refractivity contribution >= 4 is 0 Å². The highest BCUT2D eigenvalue weighted by Gasteiger charge is 2.03. The zero-order valence-corrected chi connectivity index (χ0v) is 7.83. The van der Waals surface area contributed by atoms with E-state index in [1.54, 1.807) is 6.20 Å². The molecule has 0 unspecified atom stereocenters. The number of halogens is 1. The Morgan fingerprint density at radius 2 is 2.38 bits per heavy atom. The van der Waals surface area contributed by atoms with E-state index < -0.39 is 0 Å². The monoisotopic (exact) mass is 182 g/mol. The molecule has 0 aliphatic rings. The van der Waals surface area contributed by atoms with Gasteiger partial charge in [-0.25, -0.2) is 0 Å². The molecule has 0 radical (unpaired) electrons. The first-order chi connectivity index (χ1) is 6.34. The fourth-order valence-corrected chi connectivity index (χ4v) is 1.12. The van der Waals surface area contributed by atoms with Gasteiger partial charge in [-0.1, -0.05) is 6.07 Å². The molecule has 0 bridgehead atoms. The maximum absolute atomic E-state index is 11.8. The fraction of sp³-hybridized carbons (Fsp3) is 0.500. The molecular weight excluding hydrogens is 167 g/mol. The van der Waals surface area contributed by atoms with E-state index in [9.17, 15) is 4.39 Å². The SMILES string of the molecule is C[C@@H](NCCCF)c1ccccn1. The molecule has 1 atom stereocenters. The van der Waals surface area contributed by atoms with Crippen LogP contribution < -0.4 is 5.32 Å². The molecular formula is C10H15FN2. The van der Waals surface area contributed by atoms with Gasteiger partial charge in [-0.2, -0.15) is 0 Å². The average Bonchev–Trinajstić information content (AvgIpc) is 2.19. The molecule has 1 aromatic rings. The van der Waals surface area contributed by atoms with Crippen LogP contribution in [-0.4, -0.2) is 18.2 Å². The number of hydrogen-bond acceptors (Lipinski definition) is 2. The van der Waals surface area contributed by atoms with E-state index in [1.807, 2.05) is 25.1 Å². The molecule has 3 heteroatoms. The molecule has 0 amide bonds. The third-order valence-electron chi connectivity index (χ3n) is 1.89. The molecule has 1 N–H and O–H groups in total. The van der Waals surface area contributed by atoms with Gasteiger partial charge in [0, 0.05) is 12.2 Å². The molecule has 2 nitrogen and oxygen atoms in total. The summed E-state index contributed by atoms with van der Waals surface area (Å²) in [5, 5.41) is 3.20. The summed E-state index contributed by atoms with van der Waals surface area (Å²) < 4.78 is 11.8. The molecule has 0 aliphatic heterocycles. The first-order valence-corrected chi connectivity index (χ1v) is 4.55. The third-order valence-corrected chi connectivity index (χ3v) is 1.89. The van der Waals surface area contributed by atoms with Crippen LogP contribution in [0.3, 0.4) is 0 Å². The number of pyridine rings is 1. The quantitative estimate of drug-likeness (QED) is 0.705. The largest absolute Gasteiger partial charge is 0.309 e. The summed E-state index contributed by atoms with van der Waals surface area (Å²) in [6, 6.07) is 6.01. The van der Waals surface area contributed by atoms with Gasteiger partial charge in [-0.3, -0.25) is 9.37 Å². The Hall–Kier alpha value is -0.960. The van der Waals surface area contributed by atoms with Gasteiger partial charge in [0.25, 0.3) is 0 Å². The second kappa shape index (κ2) is 5.65. The molecule has 72 valence electrons. The Bertz CT molecular complexity index is 226. The lowest BCUT2D eigenvalue weighted by molar-refractivity contribution is 0.444. The van der Waals surface area contributed by atoms with Crippen molar-refractivity contribution in [1.29, 1.82) is 0 Å². The number of alkyl halides is 1. The minimum atomic E-state index is -0.262. The van der Waals surface area contributed by atoms with E-state index in [0.717, 1.165) is 5.69 Å². The van der Waals surface area contributed by atoms with Crippen molar-refractivity contribution in [2.24, 2.45) is 0 Å². The van der Waals surface area contributed by atoms with Gasteiger partial charge in [0.05, 0.1) is 12.4 Å². The predicted molar refractivity (Wildman–Crippen MR) is 51.2 cm³/mol. The Morgan fingerprint density at radius 3 is 3.00 bits per heavy atom. The second-order valence-electron chi connectivity index (χ2n) is 2.97. The summed E-state index contributed by atoms with van der Waals surface area (Å²) in [7, 11) is 0. The normalized spacial score (nSPS) is 12.8. The Kier molecular flexibility index (Phi) is 4.40. The smallest absolute Gasteiger partial charge is 0.0906 e. The van der Waals surface area contributed by atoms with Crippen molar-refractivity contribution in [3.63, 3.8) is 0 Å². The summed E-state index contributed by atoms with van der Waals surface area (Å²) in [5.41, 5.74) is 1.00. The van der Waals surface area contributed by atoms with E-state index in [1.165, 1.54) is 0 Å². The summed E-state index contributed by atoms with van der Waals surface area (Å²) in [6.07, 6.45) is 2.33. The Morgan fingerprint density at radius 1 is 1.54 bits per heavy atom. The predicted octanol–water partition coefficient (Wildman–Crippen LogP) is 2.09. The van der Waals surface area contributed by atoms with E-state index in [4.69, 9.17) is 0 Å². The van der Waals surface area contributed by atoms with Crippen molar-refractivity contribution in [1.82, 2.24) is 10.3 Å². The molecule has 1 aromatic heterocycles. The van der Waals surface area contributed by atoms with Crippen molar-refractivity contribution in [2.75, 3.05) is 13.2 Å². The number of aromatic nitrogens is 1. The van der Waals surface area contributed by atoms with Gasteiger partial charge in [-0.15, -0.1) is 0 Å². The van der Waals surface area contributed by atoms with Gasteiger partial charge in [0.15, 0.2) is 0 Å². The maximum Gasteiger partial charge on any atom is 0.0906 e. The van der Waals surface area contributed by atoms with Crippen LogP contribution in [0, 0.1) is 0 Å². The summed E-state index contributed by atoms with van der Waals surface area (Å²) in [6.45, 7) is 2.47. The topological polar surface area (TPSA) is 24.9 Å². The molecule has 0 aliphatic carbocycles. The highest BCUT2D eigenvalue weighted by molar-refractivity contribution is 5.07. The van der Waals surface area contributed by atoms with Crippen LogP contribution in [0.15, 0.2) is 24.4 Å². The van der Waals surface area contributed by atoms with Crippen molar-refractivity contribution in [2.45, 2.75) is 19.4 Å². The zero-order chi connectivity index (χ0) is 9.52. The number of rotatable bonds is 5. The van der Waals surface area contributed by atoms with Crippen LogP contribution in [0.25, 0.3) is 0 Å². The molecule has 0 saturated carbocycles. The van der Waals surface area contributed by atoms with Crippen LogP contribution in [0.5, 0.6) is 0 Å². The first kappa shape index (κ1) is 10.1. The van der Waals surface area contributed by atoms with Crippen LogP contribution in [0.1, 0.15) is 25.1 Å². The van der Waals surface area contributed by atoms with Gasteiger partial charge in [0.2, 0.25) is 0 Å². The Balaban J connectivity index is 2.35. The average molecular weight is 182 g/mol. The maximum atomic E-state index is 11.8. The van der Waals surface area contributed by atoms with Crippen molar-refractivity contribution in [3.8, 4) is 0 Å². The summed E-state index contributed by atoms with van der Waals surface area (Å²) in [4.78, 5) is 4.20. The highest BCUT2D eigenvalue weighted by Crippen LogP contribution is 2.06. The van der Waals surface area contributed by atoms with E-state index >= 15 is 0 Å². The highest BCUT2D eigenvalue weighted by atomic mass is 19.1. The zero-order valence-electron chi connectivity index (χ0n) is 7.83. The van der Waals surface area contributed by atoms with Gasteiger partial charge in [0.1, 0.15) is 0 Å². The molecule has 0 fully saturated rings. The molecule has 0 aromatic carbocycles. The van der Waals surface area contributed by atoms with Gasteiger partial charge < -0.3 is 5.32 Å². The van der Waals surface area contributed by atoms with Crippen LogP contribution in [0.4, 0.5) is 4.39 Å². The number of nitrogens with zero attached hydrogens (tertiary/aromatic N) is 1. The molecule has 1 rings (SSSR count). The molecule has 0 spiro atoms. The van der Waals surface area contributed by atoms with E-state index in [2.05, 4.69) is 10.3 Å². The van der Waals surface area contributed by atoms with E-state index in [0.29, 0.717) is 13.0 Å². The lowest BCUT2D eigenvalue weighted by Gasteiger charge is -2.11.